The monoisotopic (exact) mass is 324 g/mol. The Morgan fingerprint density at radius 1 is 1.46 bits per heavy atom. The van der Waals surface area contributed by atoms with Crippen LogP contribution >= 0.6 is 0 Å². The minimum Gasteiger partial charge on any atom is -0.497 e. The normalized spacial score (nSPS) is 20.7. The smallest absolute Gasteiger partial charge is 0.163 e. The molecule has 1 aliphatic rings. The number of fused-ring (bicyclic) bond motifs is 1. The van der Waals surface area contributed by atoms with E-state index in [2.05, 4.69) is 16.9 Å². The first kappa shape index (κ1) is 16.7. The summed E-state index contributed by atoms with van der Waals surface area (Å²) < 4.78 is 5.28. The second kappa shape index (κ2) is 7.58. The lowest BCUT2D eigenvalue weighted by Gasteiger charge is -2.29. The van der Waals surface area contributed by atoms with Gasteiger partial charge >= 0.3 is 0 Å². The third-order valence-electron chi connectivity index (χ3n) is 4.97. The van der Waals surface area contributed by atoms with Gasteiger partial charge in [-0.05, 0) is 55.5 Å². The van der Waals surface area contributed by atoms with Gasteiger partial charge in [0.1, 0.15) is 5.75 Å². The number of hydrogen-bond donors (Lipinski definition) is 1. The summed E-state index contributed by atoms with van der Waals surface area (Å²) in [5.41, 5.74) is 1.57. The molecular formula is C20H24N2O2. The summed E-state index contributed by atoms with van der Waals surface area (Å²) in [6, 6.07) is 7.48. The Morgan fingerprint density at radius 3 is 3.12 bits per heavy atom. The van der Waals surface area contributed by atoms with Crippen LogP contribution in [0.3, 0.4) is 0 Å². The van der Waals surface area contributed by atoms with Crippen molar-refractivity contribution in [2.45, 2.75) is 19.3 Å². The second-order valence-corrected chi connectivity index (χ2v) is 6.36. The maximum absolute atomic E-state index is 12.8. The van der Waals surface area contributed by atoms with E-state index in [1.807, 2.05) is 30.3 Å². The van der Waals surface area contributed by atoms with Crippen LogP contribution < -0.4 is 10.1 Å². The number of benzene rings is 1. The van der Waals surface area contributed by atoms with E-state index < -0.39 is 0 Å². The van der Waals surface area contributed by atoms with Crippen molar-refractivity contribution in [3.05, 3.63) is 48.7 Å². The average molecular weight is 324 g/mol. The molecule has 1 N–H and O–H groups in total. The zero-order chi connectivity index (χ0) is 16.9. The average Bonchev–Trinajstić information content (AvgIpc) is 2.65. The van der Waals surface area contributed by atoms with E-state index >= 15 is 0 Å². The lowest BCUT2D eigenvalue weighted by molar-refractivity contribution is 0.0968. The van der Waals surface area contributed by atoms with Gasteiger partial charge in [0.05, 0.1) is 12.6 Å². The highest BCUT2D eigenvalue weighted by Crippen LogP contribution is 2.28. The number of aromatic nitrogens is 1. The van der Waals surface area contributed by atoms with Crippen molar-refractivity contribution in [3.63, 3.8) is 0 Å². The Hall–Kier alpha value is -2.20. The Labute approximate surface area is 142 Å². The van der Waals surface area contributed by atoms with Gasteiger partial charge in [0, 0.05) is 30.1 Å². The van der Waals surface area contributed by atoms with E-state index in [4.69, 9.17) is 4.74 Å². The van der Waals surface area contributed by atoms with Gasteiger partial charge in [0.2, 0.25) is 0 Å². The predicted octanol–water partition coefficient (Wildman–Crippen LogP) is 3.62. The number of rotatable bonds is 6. The van der Waals surface area contributed by atoms with Crippen LogP contribution in [0.25, 0.3) is 10.9 Å². The summed E-state index contributed by atoms with van der Waals surface area (Å²) in [5.74, 6) is 1.92. The Balaban J connectivity index is 1.77. The maximum Gasteiger partial charge on any atom is 0.163 e. The molecule has 126 valence electrons. The van der Waals surface area contributed by atoms with E-state index in [-0.39, 0.29) is 5.78 Å². The fourth-order valence-corrected chi connectivity index (χ4v) is 3.52. The number of ether oxygens (including phenoxy) is 1. The summed E-state index contributed by atoms with van der Waals surface area (Å²) in [6.07, 6.45) is 6.30. The molecule has 0 bridgehead atoms. The SMILES string of the molecule is C=C[C@@H]1CNCC[C@@H]1CCC(=O)c1ccnc2ccc(OC)cc12. The van der Waals surface area contributed by atoms with Crippen LogP contribution in [0, 0.1) is 11.8 Å². The molecule has 0 aliphatic carbocycles. The number of nitrogens with zero attached hydrogens (tertiary/aromatic N) is 1. The number of piperidine rings is 1. The van der Waals surface area contributed by atoms with Crippen LogP contribution in [0.2, 0.25) is 0 Å². The van der Waals surface area contributed by atoms with E-state index in [1.165, 1.54) is 0 Å². The summed E-state index contributed by atoms with van der Waals surface area (Å²) in [5, 5.41) is 4.26. The van der Waals surface area contributed by atoms with Crippen LogP contribution in [0.1, 0.15) is 29.6 Å². The van der Waals surface area contributed by atoms with Crippen molar-refractivity contribution in [2.75, 3.05) is 20.2 Å². The van der Waals surface area contributed by atoms with Crippen LogP contribution in [0.5, 0.6) is 5.75 Å². The fraction of sp³-hybridized carbons (Fsp3) is 0.400. The quantitative estimate of drug-likeness (QED) is 0.651. The summed E-state index contributed by atoms with van der Waals surface area (Å²) in [7, 11) is 1.63. The first-order valence-corrected chi connectivity index (χ1v) is 8.52. The molecule has 1 fully saturated rings. The number of carbonyl (C=O) groups excluding carboxylic acids is 1. The molecule has 1 aromatic carbocycles. The van der Waals surface area contributed by atoms with Crippen LogP contribution in [-0.4, -0.2) is 31.0 Å². The number of ketones is 1. The second-order valence-electron chi connectivity index (χ2n) is 6.36. The fourth-order valence-electron chi connectivity index (χ4n) is 3.52. The molecule has 1 saturated heterocycles. The van der Waals surface area contributed by atoms with E-state index in [0.717, 1.165) is 48.1 Å². The molecule has 2 atom stereocenters. The van der Waals surface area contributed by atoms with Gasteiger partial charge in [-0.2, -0.15) is 0 Å². The number of hydrogen-bond acceptors (Lipinski definition) is 4. The van der Waals surface area contributed by atoms with Crippen LogP contribution in [0.4, 0.5) is 0 Å². The third-order valence-corrected chi connectivity index (χ3v) is 4.97. The molecule has 3 rings (SSSR count). The first-order chi connectivity index (χ1) is 11.7. The van der Waals surface area contributed by atoms with Crippen molar-refractivity contribution in [1.29, 1.82) is 0 Å². The van der Waals surface area contributed by atoms with Crippen molar-refractivity contribution >= 4 is 16.7 Å². The minimum atomic E-state index is 0.178. The van der Waals surface area contributed by atoms with Gasteiger partial charge in [0.25, 0.3) is 0 Å². The summed E-state index contributed by atoms with van der Waals surface area (Å²) in [4.78, 5) is 17.1. The predicted molar refractivity (Wildman–Crippen MR) is 96.5 cm³/mol. The van der Waals surface area contributed by atoms with Crippen LogP contribution in [-0.2, 0) is 0 Å². The third kappa shape index (κ3) is 3.49. The number of carbonyl (C=O) groups is 1. The molecule has 0 unspecified atom stereocenters. The maximum atomic E-state index is 12.8. The molecule has 0 spiro atoms. The van der Waals surface area contributed by atoms with Crippen molar-refractivity contribution < 1.29 is 9.53 Å². The molecule has 4 heteroatoms. The molecule has 0 amide bonds. The zero-order valence-electron chi connectivity index (χ0n) is 14.1. The molecule has 4 nitrogen and oxygen atoms in total. The van der Waals surface area contributed by atoms with E-state index in [0.29, 0.717) is 18.3 Å². The molecular weight excluding hydrogens is 300 g/mol. The molecule has 0 radical (unpaired) electrons. The van der Waals surface area contributed by atoms with Crippen molar-refractivity contribution in [2.24, 2.45) is 11.8 Å². The molecule has 24 heavy (non-hydrogen) atoms. The van der Waals surface area contributed by atoms with E-state index in [9.17, 15) is 4.79 Å². The highest BCUT2D eigenvalue weighted by atomic mass is 16.5. The van der Waals surface area contributed by atoms with Gasteiger partial charge in [-0.15, -0.1) is 6.58 Å². The van der Waals surface area contributed by atoms with Crippen molar-refractivity contribution in [3.8, 4) is 5.75 Å². The standard InChI is InChI=1S/C20H24N2O2/c1-3-14-13-21-10-8-15(14)4-7-20(23)17-9-11-22-19-6-5-16(24-2)12-18(17)19/h3,5-6,9,11-12,14-15,21H,1,4,7-8,10,13H2,2H3/t14-,15+/m1/s1. The number of pyridine rings is 1. The number of nitrogens with one attached hydrogen (secondary N) is 1. The highest BCUT2D eigenvalue weighted by Gasteiger charge is 2.23. The number of methoxy groups -OCH3 is 1. The Bertz CT molecular complexity index is 741. The van der Waals surface area contributed by atoms with Crippen LogP contribution in [0.15, 0.2) is 43.1 Å². The topological polar surface area (TPSA) is 51.2 Å². The molecule has 0 saturated carbocycles. The summed E-state index contributed by atoms with van der Waals surface area (Å²) >= 11 is 0. The van der Waals surface area contributed by atoms with Gasteiger partial charge in [-0.3, -0.25) is 9.78 Å². The lowest BCUT2D eigenvalue weighted by Crippen LogP contribution is -2.35. The number of Topliss-reactive ketones (excluding diaryl/α,β-unsaturated/α-hetero) is 1. The minimum absolute atomic E-state index is 0.178. The molecule has 2 heterocycles. The molecule has 1 aliphatic heterocycles. The molecule has 1 aromatic heterocycles. The Morgan fingerprint density at radius 2 is 2.33 bits per heavy atom. The molecule has 2 aromatic rings. The van der Waals surface area contributed by atoms with Gasteiger partial charge in [-0.1, -0.05) is 6.08 Å². The lowest BCUT2D eigenvalue weighted by atomic mass is 9.82. The summed E-state index contributed by atoms with van der Waals surface area (Å²) in [6.45, 7) is 5.93. The largest absolute Gasteiger partial charge is 0.497 e. The Kier molecular flexibility index (Phi) is 5.26. The first-order valence-electron chi connectivity index (χ1n) is 8.52. The van der Waals surface area contributed by atoms with Gasteiger partial charge < -0.3 is 10.1 Å². The van der Waals surface area contributed by atoms with E-state index in [1.54, 1.807) is 13.3 Å². The van der Waals surface area contributed by atoms with Crippen molar-refractivity contribution in [1.82, 2.24) is 10.3 Å². The highest BCUT2D eigenvalue weighted by molar-refractivity contribution is 6.07. The zero-order valence-corrected chi connectivity index (χ0v) is 14.1. The van der Waals surface area contributed by atoms with Gasteiger partial charge in [0.15, 0.2) is 5.78 Å². The van der Waals surface area contributed by atoms with Gasteiger partial charge in [-0.25, -0.2) is 0 Å².